The van der Waals surface area contributed by atoms with Gasteiger partial charge in [0, 0.05) is 47.3 Å². The van der Waals surface area contributed by atoms with E-state index in [9.17, 15) is 14.7 Å². The molecule has 0 aliphatic carbocycles. The minimum atomic E-state index is -3.05. The molecule has 2 aromatic heterocycles. The molecule has 3 heterocycles. The van der Waals surface area contributed by atoms with E-state index < -0.39 is 49.6 Å². The number of hydrogen-bond acceptors (Lipinski definition) is 7. The highest BCUT2D eigenvalue weighted by Gasteiger charge is 2.36. The van der Waals surface area contributed by atoms with Gasteiger partial charge in [0.15, 0.2) is 5.82 Å². The first kappa shape index (κ1) is 14.4. The summed E-state index contributed by atoms with van der Waals surface area (Å²) >= 11 is 0. The number of ether oxygens (including phenoxy) is 1. The standard InChI is InChI=1S/C19H30N6O4/c1-11-9-25(18(28)29-19(3,4)5)12(2)8-24(11)15-14-16(23(7)17(27)21-15)22(6)13(10-26)20-14/h11-12,26H,8-10H2,1-7H3/t11-,12+/m0/s1/i6D3,7D3. The molecule has 2 atom stereocenters. The highest BCUT2D eigenvalue weighted by atomic mass is 16.6. The fourth-order valence-corrected chi connectivity index (χ4v) is 3.40. The molecular weight excluding hydrogens is 376 g/mol. The maximum absolute atomic E-state index is 12.9. The Morgan fingerprint density at radius 2 is 1.90 bits per heavy atom. The van der Waals surface area contributed by atoms with Crippen molar-refractivity contribution in [2.45, 2.75) is 58.9 Å². The number of aliphatic hydroxyl groups is 1. The number of nitrogens with zero attached hydrogens (tertiary/aromatic N) is 6. The lowest BCUT2D eigenvalue weighted by atomic mass is 10.1. The number of piperazine rings is 1. The number of fused-ring (bicyclic) bond motifs is 1. The van der Waals surface area contributed by atoms with Gasteiger partial charge in [0.25, 0.3) is 0 Å². The van der Waals surface area contributed by atoms with Crippen molar-refractivity contribution in [1.82, 2.24) is 24.0 Å². The Labute approximate surface area is 178 Å². The second kappa shape index (κ2) is 7.33. The minimum absolute atomic E-state index is 0.0219. The van der Waals surface area contributed by atoms with Crippen molar-refractivity contribution in [3.05, 3.63) is 16.3 Å². The normalized spacial score (nSPS) is 24.3. The summed E-state index contributed by atoms with van der Waals surface area (Å²) < 4.78 is 53.4. The second-order valence-corrected chi connectivity index (χ2v) is 8.23. The van der Waals surface area contributed by atoms with Gasteiger partial charge in [0.2, 0.25) is 0 Å². The van der Waals surface area contributed by atoms with Gasteiger partial charge in [-0.3, -0.25) is 4.57 Å². The summed E-state index contributed by atoms with van der Waals surface area (Å²) in [7, 11) is 0. The van der Waals surface area contributed by atoms with Crippen molar-refractivity contribution in [1.29, 1.82) is 0 Å². The molecule has 3 rings (SSSR count). The van der Waals surface area contributed by atoms with Crippen molar-refractivity contribution in [3.63, 3.8) is 0 Å². The molecular formula is C19H30N6O4. The van der Waals surface area contributed by atoms with E-state index in [2.05, 4.69) is 9.97 Å². The summed E-state index contributed by atoms with van der Waals surface area (Å²) in [5, 5.41) is 9.78. The van der Waals surface area contributed by atoms with Gasteiger partial charge in [-0.1, -0.05) is 0 Å². The molecule has 1 fully saturated rings. The zero-order chi connectivity index (χ0) is 26.7. The van der Waals surface area contributed by atoms with Gasteiger partial charge in [0.1, 0.15) is 29.2 Å². The smallest absolute Gasteiger partial charge is 0.410 e. The molecule has 10 nitrogen and oxygen atoms in total. The first-order valence-electron chi connectivity index (χ1n) is 12.3. The van der Waals surface area contributed by atoms with Crippen LogP contribution in [0.15, 0.2) is 4.79 Å². The van der Waals surface area contributed by atoms with E-state index in [1.165, 1.54) is 0 Å². The van der Waals surface area contributed by atoms with Crippen molar-refractivity contribution in [2.24, 2.45) is 14.0 Å². The first-order valence-corrected chi connectivity index (χ1v) is 9.29. The summed E-state index contributed by atoms with van der Waals surface area (Å²) in [5.74, 6) is -0.355. The van der Waals surface area contributed by atoms with Crippen LogP contribution in [-0.2, 0) is 25.3 Å². The molecule has 1 amide bonds. The fourth-order valence-electron chi connectivity index (χ4n) is 3.40. The summed E-state index contributed by atoms with van der Waals surface area (Å²) in [5.41, 5.74) is -2.51. The van der Waals surface area contributed by atoms with Gasteiger partial charge in [-0.15, -0.1) is 0 Å². The molecule has 1 aliphatic heterocycles. The van der Waals surface area contributed by atoms with Gasteiger partial charge in [-0.05, 0) is 34.6 Å². The van der Waals surface area contributed by atoms with Gasteiger partial charge < -0.3 is 24.2 Å². The van der Waals surface area contributed by atoms with Crippen LogP contribution < -0.4 is 10.6 Å². The molecule has 0 saturated carbocycles. The lowest BCUT2D eigenvalue weighted by molar-refractivity contribution is 0.0130. The summed E-state index contributed by atoms with van der Waals surface area (Å²) in [6.45, 7) is 2.44. The Morgan fingerprint density at radius 3 is 2.48 bits per heavy atom. The third-order valence-corrected chi connectivity index (χ3v) is 4.77. The maximum Gasteiger partial charge on any atom is 0.410 e. The lowest BCUT2D eigenvalue weighted by Crippen LogP contribution is -2.59. The molecule has 0 radical (unpaired) electrons. The zero-order valence-corrected chi connectivity index (χ0v) is 17.1. The van der Waals surface area contributed by atoms with Gasteiger partial charge in [-0.25, -0.2) is 14.6 Å². The van der Waals surface area contributed by atoms with Crippen LogP contribution in [-0.4, -0.2) is 66.0 Å². The van der Waals surface area contributed by atoms with Crippen LogP contribution in [0.3, 0.4) is 0 Å². The summed E-state index contributed by atoms with van der Waals surface area (Å²) in [6, 6.07) is -0.794. The van der Waals surface area contributed by atoms with Crippen molar-refractivity contribution in [3.8, 4) is 0 Å². The van der Waals surface area contributed by atoms with E-state index in [0.29, 0.717) is 9.13 Å². The number of amides is 1. The van der Waals surface area contributed by atoms with Crippen molar-refractivity contribution in [2.75, 3.05) is 18.0 Å². The van der Waals surface area contributed by atoms with E-state index in [-0.39, 0.29) is 36.3 Å². The number of anilines is 1. The topological polar surface area (TPSA) is 106 Å². The molecule has 1 saturated heterocycles. The molecule has 10 heteroatoms. The van der Waals surface area contributed by atoms with Crippen LogP contribution in [0.4, 0.5) is 10.6 Å². The third-order valence-electron chi connectivity index (χ3n) is 4.77. The summed E-state index contributed by atoms with van der Waals surface area (Å²) in [4.78, 5) is 37.0. The number of carbonyl (C=O) groups excluding carboxylic acids is 1. The van der Waals surface area contributed by atoms with Crippen LogP contribution >= 0.6 is 0 Å². The molecule has 0 unspecified atom stereocenters. The average Bonchev–Trinajstić information content (AvgIpc) is 3.05. The Hall–Kier alpha value is -2.62. The van der Waals surface area contributed by atoms with Crippen LogP contribution in [0.5, 0.6) is 0 Å². The number of imidazole rings is 1. The Bertz CT molecular complexity index is 1180. The predicted octanol–water partition coefficient (Wildman–Crippen LogP) is 0.993. The highest BCUT2D eigenvalue weighted by Crippen LogP contribution is 2.28. The predicted molar refractivity (Wildman–Crippen MR) is 109 cm³/mol. The molecule has 2 aromatic rings. The van der Waals surface area contributed by atoms with E-state index >= 15 is 0 Å². The van der Waals surface area contributed by atoms with Crippen molar-refractivity contribution >= 4 is 23.1 Å². The number of aromatic nitrogens is 4. The monoisotopic (exact) mass is 412 g/mol. The van der Waals surface area contributed by atoms with E-state index in [1.54, 1.807) is 44.4 Å². The Kier molecular flexibility index (Phi) is 3.63. The molecule has 29 heavy (non-hydrogen) atoms. The maximum atomic E-state index is 12.9. The fraction of sp³-hybridized carbons (Fsp3) is 0.684. The largest absolute Gasteiger partial charge is 0.444 e. The van der Waals surface area contributed by atoms with Gasteiger partial charge in [-0.2, -0.15) is 4.98 Å². The van der Waals surface area contributed by atoms with E-state index in [4.69, 9.17) is 13.0 Å². The molecule has 160 valence electrons. The van der Waals surface area contributed by atoms with E-state index in [0.717, 1.165) is 0 Å². The minimum Gasteiger partial charge on any atom is -0.444 e. The third kappa shape index (κ3) is 3.81. The number of aliphatic hydroxyl groups excluding tert-OH is 1. The van der Waals surface area contributed by atoms with Crippen LogP contribution in [0, 0.1) is 0 Å². The number of aryl methyl sites for hydroxylation is 2. The molecule has 0 spiro atoms. The SMILES string of the molecule is [2H]C([2H])([2H])n1c(CO)nc2c(N3C[C@@H](C)N(C(=O)OC(C)(C)C)C[C@@H]3C)nc(=O)n(C([2H])([2H])[2H])c21. The lowest BCUT2D eigenvalue weighted by Gasteiger charge is -2.44. The number of carbonyl (C=O) groups is 1. The number of hydrogen-bond donors (Lipinski definition) is 1. The highest BCUT2D eigenvalue weighted by molar-refractivity contribution is 5.85. The van der Waals surface area contributed by atoms with Crippen LogP contribution in [0.2, 0.25) is 0 Å². The van der Waals surface area contributed by atoms with Crippen LogP contribution in [0.1, 0.15) is 48.7 Å². The summed E-state index contributed by atoms with van der Waals surface area (Å²) in [6.07, 6.45) is -0.498. The van der Waals surface area contributed by atoms with Crippen molar-refractivity contribution < 1.29 is 22.9 Å². The molecule has 1 N–H and O–H groups in total. The molecule has 0 aromatic carbocycles. The van der Waals surface area contributed by atoms with Gasteiger partial charge >= 0.3 is 11.8 Å². The second-order valence-electron chi connectivity index (χ2n) is 8.23. The van der Waals surface area contributed by atoms with Crippen LogP contribution in [0.25, 0.3) is 11.2 Å². The zero-order valence-electron chi connectivity index (χ0n) is 23.1. The quantitative estimate of drug-likeness (QED) is 0.784. The number of rotatable bonds is 2. The Balaban J connectivity index is 2.18. The first-order chi connectivity index (χ1) is 15.9. The molecule has 0 bridgehead atoms. The van der Waals surface area contributed by atoms with E-state index in [1.807, 2.05) is 0 Å². The Morgan fingerprint density at radius 1 is 1.21 bits per heavy atom. The van der Waals surface area contributed by atoms with Gasteiger partial charge in [0.05, 0.1) is 0 Å². The molecule has 1 aliphatic rings. The average molecular weight is 413 g/mol.